The molecule has 2 heterocycles. The van der Waals surface area contributed by atoms with Crippen LogP contribution in [-0.2, 0) is 14.3 Å². The summed E-state index contributed by atoms with van der Waals surface area (Å²) in [6, 6.07) is 5.73. The number of allylic oxidation sites excluding steroid dienone is 1. The Kier molecular flexibility index (Phi) is 13.8. The largest absolute Gasteiger partial charge is 0.460 e. The van der Waals surface area contributed by atoms with Crippen LogP contribution in [0.4, 0.5) is 4.79 Å². The van der Waals surface area contributed by atoms with Gasteiger partial charge in [-0.15, -0.1) is 18.3 Å². The number of nitrogens with one attached hydrogen (secondary N) is 1. The average molecular weight is 727 g/mol. The highest BCUT2D eigenvalue weighted by molar-refractivity contribution is 8.00. The van der Waals surface area contributed by atoms with Crippen LogP contribution in [0.25, 0.3) is 0 Å². The lowest BCUT2D eigenvalue weighted by atomic mass is 9.56. The number of fused-ring (bicyclic) bond motifs is 2. The molecule has 0 bridgehead atoms. The molecule has 3 fully saturated rings. The lowest BCUT2D eigenvalue weighted by molar-refractivity contribution is -0.223. The second-order valence-corrected chi connectivity index (χ2v) is 16.1. The quantitative estimate of drug-likeness (QED) is 0.0844. The Morgan fingerprint density at radius 2 is 1.88 bits per heavy atom. The Morgan fingerprint density at radius 3 is 2.61 bits per heavy atom. The van der Waals surface area contributed by atoms with Crippen molar-refractivity contribution in [1.29, 1.82) is 0 Å². The third-order valence-corrected chi connectivity index (χ3v) is 12.9. The lowest BCUT2D eigenvalue weighted by Crippen LogP contribution is -2.64. The van der Waals surface area contributed by atoms with Crippen molar-refractivity contribution in [1.82, 2.24) is 5.32 Å². The number of thioether (sulfide) groups is 1. The smallest absolute Gasteiger partial charge is 0.412 e. The topological polar surface area (TPSA) is 128 Å². The molecule has 1 unspecified atom stereocenters. The number of benzene rings is 1. The molecule has 6 rings (SSSR count). The molecule has 3 aliphatic carbocycles. The van der Waals surface area contributed by atoms with Crippen molar-refractivity contribution in [2.24, 2.45) is 22.9 Å². The second kappa shape index (κ2) is 18.5. The summed E-state index contributed by atoms with van der Waals surface area (Å²) < 4.78 is 26.0. The number of carbonyl (C=O) groups is 1. The summed E-state index contributed by atoms with van der Waals surface area (Å²) in [5.41, 5.74) is 3.01. The zero-order valence-corrected chi connectivity index (χ0v) is 31.1. The number of nitrogens with zero attached hydrogens (tertiary/aromatic N) is 1. The Morgan fingerprint density at radius 1 is 1.10 bits per heavy atom. The molecular weight excluding hydrogens is 669 g/mol. The standard InChI is InChI=1S/C40H58N2O8S/c1-3-22-47-40-35(51-29-14-5-6-15-29)26-33(42-50-36-17-9-12-23-46-36)31-24-27(13-7-10-20-43)30(16-8-11-21-44)37(38(31)40)32-25-28(18-19-34(32)49-40)48-39(45)41-4-2/h3,18-19,24-25,27,29-30,35-38,43-44H,1,4-17,20-23,26H2,2H3,(H,41,45)/t27-,30+,35-,36?,37+,38+,40+/m0/s1. The molecule has 0 aromatic heterocycles. The van der Waals surface area contributed by atoms with E-state index in [9.17, 15) is 15.0 Å². The van der Waals surface area contributed by atoms with Gasteiger partial charge < -0.3 is 39.3 Å². The molecule has 1 saturated heterocycles. The van der Waals surface area contributed by atoms with Crippen LogP contribution in [0.1, 0.15) is 108 Å². The van der Waals surface area contributed by atoms with E-state index in [-0.39, 0.29) is 48.4 Å². The van der Waals surface area contributed by atoms with Crippen LogP contribution in [-0.4, -0.2) is 77.6 Å². The monoisotopic (exact) mass is 726 g/mol. The predicted molar refractivity (Wildman–Crippen MR) is 199 cm³/mol. The van der Waals surface area contributed by atoms with Crippen LogP contribution in [0.5, 0.6) is 11.5 Å². The van der Waals surface area contributed by atoms with Crippen molar-refractivity contribution < 1.29 is 38.8 Å². The molecule has 0 spiro atoms. The molecule has 10 nitrogen and oxygen atoms in total. The van der Waals surface area contributed by atoms with Gasteiger partial charge in [-0.2, -0.15) is 0 Å². The summed E-state index contributed by atoms with van der Waals surface area (Å²) in [7, 11) is 0. The van der Waals surface area contributed by atoms with Crippen molar-refractivity contribution in [2.45, 2.75) is 125 Å². The van der Waals surface area contributed by atoms with Crippen LogP contribution in [0, 0.1) is 17.8 Å². The molecule has 3 N–H and O–H groups in total. The number of hydrogen-bond acceptors (Lipinski definition) is 10. The van der Waals surface area contributed by atoms with E-state index in [2.05, 4.69) is 18.0 Å². The van der Waals surface area contributed by atoms with E-state index in [1.807, 2.05) is 36.9 Å². The first-order valence-electron chi connectivity index (χ1n) is 19.5. The fourth-order valence-electron chi connectivity index (χ4n) is 8.97. The van der Waals surface area contributed by atoms with E-state index < -0.39 is 11.9 Å². The van der Waals surface area contributed by atoms with Gasteiger partial charge in [-0.05, 0) is 93.9 Å². The summed E-state index contributed by atoms with van der Waals surface area (Å²) >= 11 is 1.98. The Bertz CT molecular complexity index is 1380. The van der Waals surface area contributed by atoms with Crippen molar-refractivity contribution in [3.8, 4) is 11.5 Å². The van der Waals surface area contributed by atoms with Gasteiger partial charge in [0.2, 0.25) is 12.1 Å². The highest BCUT2D eigenvalue weighted by Gasteiger charge is 2.64. The van der Waals surface area contributed by atoms with Gasteiger partial charge in [0.25, 0.3) is 0 Å². The molecule has 7 atom stereocenters. The van der Waals surface area contributed by atoms with Crippen LogP contribution >= 0.6 is 11.8 Å². The molecule has 2 aliphatic heterocycles. The third kappa shape index (κ3) is 8.81. The maximum atomic E-state index is 12.6. The van der Waals surface area contributed by atoms with Crippen molar-refractivity contribution in [3.05, 3.63) is 48.1 Å². The lowest BCUT2D eigenvalue weighted by Gasteiger charge is -2.58. The Hall–Kier alpha value is -2.57. The van der Waals surface area contributed by atoms with Gasteiger partial charge in [-0.3, -0.25) is 0 Å². The van der Waals surface area contributed by atoms with E-state index in [0.29, 0.717) is 37.2 Å². The molecule has 282 valence electrons. The summed E-state index contributed by atoms with van der Waals surface area (Å²) in [6.07, 6.45) is 16.7. The van der Waals surface area contributed by atoms with Gasteiger partial charge in [0, 0.05) is 49.3 Å². The molecule has 1 aromatic carbocycles. The van der Waals surface area contributed by atoms with Crippen LogP contribution in [0.15, 0.2) is 47.7 Å². The normalized spacial score (nSPS) is 30.9. The van der Waals surface area contributed by atoms with E-state index in [4.69, 9.17) is 28.9 Å². The summed E-state index contributed by atoms with van der Waals surface area (Å²) in [5, 5.41) is 27.7. The van der Waals surface area contributed by atoms with E-state index in [0.717, 1.165) is 80.4 Å². The zero-order valence-electron chi connectivity index (χ0n) is 30.3. The van der Waals surface area contributed by atoms with Gasteiger partial charge in [-0.1, -0.05) is 43.0 Å². The molecule has 11 heteroatoms. The minimum atomic E-state index is -1.00. The third-order valence-electron chi connectivity index (χ3n) is 11.2. The van der Waals surface area contributed by atoms with Crippen molar-refractivity contribution in [3.63, 3.8) is 0 Å². The van der Waals surface area contributed by atoms with E-state index >= 15 is 0 Å². The number of hydrogen-bond donors (Lipinski definition) is 3. The minimum absolute atomic E-state index is 0.0581. The highest BCUT2D eigenvalue weighted by Crippen LogP contribution is 2.63. The van der Waals surface area contributed by atoms with E-state index in [1.165, 1.54) is 25.7 Å². The van der Waals surface area contributed by atoms with Gasteiger partial charge in [-0.25, -0.2) is 4.79 Å². The molecule has 51 heavy (non-hydrogen) atoms. The average Bonchev–Trinajstić information content (AvgIpc) is 3.66. The summed E-state index contributed by atoms with van der Waals surface area (Å²) in [6.45, 7) is 7.67. The molecule has 1 amide bonds. The molecule has 1 aromatic rings. The SMILES string of the molecule is C=CCO[C@@]12Oc3ccc(OC(=O)NCC)cc3[C@H]3[C@H](CCCCO)[C@@H](CCCCO)C=C(C(=NOC4CCCCO4)C[C@@H]1SC1CCCC1)[C@H]32. The fourth-order valence-corrected chi connectivity index (χ4v) is 10.7. The number of oxime groups is 1. The maximum Gasteiger partial charge on any atom is 0.412 e. The summed E-state index contributed by atoms with van der Waals surface area (Å²) in [5.74, 6) is 0.283. The highest BCUT2D eigenvalue weighted by atomic mass is 32.2. The van der Waals surface area contributed by atoms with Crippen LogP contribution in [0.3, 0.4) is 0 Å². The van der Waals surface area contributed by atoms with Gasteiger partial charge in [0.1, 0.15) is 11.5 Å². The van der Waals surface area contributed by atoms with Crippen LogP contribution < -0.4 is 14.8 Å². The minimum Gasteiger partial charge on any atom is -0.460 e. The predicted octanol–water partition coefficient (Wildman–Crippen LogP) is 7.63. The Balaban J connectivity index is 1.51. The fraction of sp³-hybridized carbons (Fsp3) is 0.700. The number of rotatable bonds is 17. The number of unbranched alkanes of at least 4 members (excludes halogenated alkanes) is 2. The molecule has 5 aliphatic rings. The van der Waals surface area contributed by atoms with Gasteiger partial charge >= 0.3 is 6.09 Å². The van der Waals surface area contributed by atoms with Gasteiger partial charge in [0.15, 0.2) is 0 Å². The summed E-state index contributed by atoms with van der Waals surface area (Å²) in [4.78, 5) is 18.8. The van der Waals surface area contributed by atoms with E-state index in [1.54, 1.807) is 6.08 Å². The molecular formula is C40H58N2O8S. The number of carbonyl (C=O) groups excluding carboxylic acids is 1. The Labute approximate surface area is 307 Å². The molecule has 0 radical (unpaired) electrons. The first-order valence-corrected chi connectivity index (χ1v) is 20.4. The first kappa shape index (κ1) is 38.2. The number of amides is 1. The maximum absolute atomic E-state index is 12.6. The first-order chi connectivity index (χ1) is 25.0. The zero-order chi connectivity index (χ0) is 35.6. The van der Waals surface area contributed by atoms with Crippen molar-refractivity contribution >= 4 is 23.6 Å². The van der Waals surface area contributed by atoms with Gasteiger partial charge in [0.05, 0.1) is 30.1 Å². The van der Waals surface area contributed by atoms with Crippen LogP contribution in [0.2, 0.25) is 0 Å². The second-order valence-electron chi connectivity index (χ2n) is 14.6. The van der Waals surface area contributed by atoms with Crippen molar-refractivity contribution in [2.75, 3.05) is 33.0 Å². The number of aliphatic hydroxyl groups excluding tert-OH is 2. The molecule has 2 saturated carbocycles. The number of aliphatic hydroxyl groups is 2. The number of ether oxygens (including phenoxy) is 4.